The molecule has 11 nitrogen and oxygen atoms in total. The summed E-state index contributed by atoms with van der Waals surface area (Å²) in [6, 6.07) is 7.58. The molecule has 33 heavy (non-hydrogen) atoms. The lowest BCUT2D eigenvalue weighted by molar-refractivity contribution is -0.180. The Bertz CT molecular complexity index is 998. The Morgan fingerprint density at radius 3 is 2.76 bits per heavy atom. The summed E-state index contributed by atoms with van der Waals surface area (Å²) in [5.41, 5.74) is -0.221. The molecule has 0 radical (unpaired) electrons. The Morgan fingerprint density at radius 2 is 2.12 bits per heavy atom. The number of alkyl carbamates (subject to hydrolysis) is 1. The molecule has 4 atom stereocenters. The summed E-state index contributed by atoms with van der Waals surface area (Å²) >= 11 is 0. The number of ether oxygens (including phenoxy) is 1. The fourth-order valence-electron chi connectivity index (χ4n) is 4.67. The number of β-lactam (4-membered cyclic amide) rings is 1. The Hall–Kier alpha value is -3.47. The van der Waals surface area contributed by atoms with Gasteiger partial charge in [-0.15, -0.1) is 10.2 Å². The minimum absolute atomic E-state index is 0.0290. The van der Waals surface area contributed by atoms with Gasteiger partial charge in [-0.05, 0) is 32.3 Å². The van der Waals surface area contributed by atoms with Crippen molar-refractivity contribution in [2.45, 2.75) is 63.6 Å². The Morgan fingerprint density at radius 1 is 1.36 bits per heavy atom. The second kappa shape index (κ2) is 9.18. The third-order valence-corrected chi connectivity index (χ3v) is 6.42. The van der Waals surface area contributed by atoms with Crippen LogP contribution in [0.2, 0.25) is 0 Å². The van der Waals surface area contributed by atoms with E-state index in [9.17, 15) is 19.5 Å². The van der Waals surface area contributed by atoms with E-state index in [4.69, 9.17) is 9.15 Å². The predicted molar refractivity (Wildman–Crippen MR) is 113 cm³/mol. The smallest absolute Gasteiger partial charge is 0.408 e. The SMILES string of the molecule is CC1N(Cc2nnco2)C(=O)C12CCCN2C(=O)[C@@H](NC(=O)OCc1ccccc1)[C@@H](C)O. The molecule has 1 aromatic carbocycles. The van der Waals surface area contributed by atoms with Crippen molar-refractivity contribution in [2.24, 2.45) is 0 Å². The largest absolute Gasteiger partial charge is 0.445 e. The minimum atomic E-state index is -1.24. The third kappa shape index (κ3) is 4.15. The number of amides is 3. The van der Waals surface area contributed by atoms with Gasteiger partial charge < -0.3 is 29.4 Å². The number of benzene rings is 1. The monoisotopic (exact) mass is 457 g/mol. The van der Waals surface area contributed by atoms with Crippen molar-refractivity contribution in [3.63, 3.8) is 0 Å². The van der Waals surface area contributed by atoms with E-state index in [0.29, 0.717) is 25.3 Å². The van der Waals surface area contributed by atoms with E-state index in [1.165, 1.54) is 18.2 Å². The molecule has 4 rings (SSSR count). The van der Waals surface area contributed by atoms with Crippen LogP contribution in [-0.4, -0.2) is 73.3 Å². The molecule has 176 valence electrons. The van der Waals surface area contributed by atoms with Crippen molar-refractivity contribution in [1.29, 1.82) is 0 Å². The summed E-state index contributed by atoms with van der Waals surface area (Å²) in [5, 5.41) is 20.2. The lowest BCUT2D eigenvalue weighted by Crippen LogP contribution is -2.78. The number of nitrogens with zero attached hydrogens (tertiary/aromatic N) is 4. The number of aliphatic hydroxyl groups excluding tert-OH is 1. The maximum Gasteiger partial charge on any atom is 0.408 e. The van der Waals surface area contributed by atoms with Gasteiger partial charge in [-0.3, -0.25) is 9.59 Å². The third-order valence-electron chi connectivity index (χ3n) is 6.42. The highest BCUT2D eigenvalue weighted by molar-refractivity contribution is 6.00. The number of nitrogens with one attached hydrogen (secondary N) is 1. The molecule has 2 N–H and O–H groups in total. The van der Waals surface area contributed by atoms with E-state index >= 15 is 0 Å². The standard InChI is InChI=1S/C22H27N5O6/c1-14(28)18(24-21(31)32-12-16-7-4-3-5-8-16)19(29)27-10-6-9-22(27)15(2)26(20(22)30)11-17-25-23-13-33-17/h3-5,7-8,13-15,18,28H,6,9-12H2,1-2H3,(H,24,31)/t14-,15?,18+,22?/m1/s1. The molecule has 0 aliphatic carbocycles. The van der Waals surface area contributed by atoms with Crippen LogP contribution in [0.25, 0.3) is 0 Å². The lowest BCUT2D eigenvalue weighted by Gasteiger charge is -2.56. The number of hydrogen-bond acceptors (Lipinski definition) is 8. The Labute approximate surface area is 190 Å². The van der Waals surface area contributed by atoms with Crippen molar-refractivity contribution in [3.8, 4) is 0 Å². The van der Waals surface area contributed by atoms with Crippen LogP contribution in [0, 0.1) is 0 Å². The van der Waals surface area contributed by atoms with E-state index in [2.05, 4.69) is 15.5 Å². The zero-order chi connectivity index (χ0) is 23.6. The fraction of sp³-hybridized carbons (Fsp3) is 0.500. The first-order chi connectivity index (χ1) is 15.8. The van der Waals surface area contributed by atoms with Crippen LogP contribution in [0.15, 0.2) is 41.1 Å². The highest BCUT2D eigenvalue weighted by Gasteiger charge is 2.65. The molecule has 2 aromatic rings. The van der Waals surface area contributed by atoms with Gasteiger partial charge in [0.1, 0.15) is 18.2 Å². The van der Waals surface area contributed by atoms with Crippen LogP contribution in [0.3, 0.4) is 0 Å². The number of carbonyl (C=O) groups is 3. The number of aliphatic hydroxyl groups is 1. The molecule has 2 aliphatic rings. The first-order valence-electron chi connectivity index (χ1n) is 10.9. The summed E-state index contributed by atoms with van der Waals surface area (Å²) in [4.78, 5) is 42.0. The lowest BCUT2D eigenvalue weighted by atomic mass is 9.77. The average Bonchev–Trinajstić information content (AvgIpc) is 3.50. The molecule has 3 heterocycles. The summed E-state index contributed by atoms with van der Waals surface area (Å²) in [5.74, 6) is -0.419. The van der Waals surface area contributed by atoms with Gasteiger partial charge in [0.15, 0.2) is 0 Å². The van der Waals surface area contributed by atoms with Gasteiger partial charge in [0.25, 0.3) is 5.91 Å². The molecular formula is C22H27N5O6. The quantitative estimate of drug-likeness (QED) is 0.583. The minimum Gasteiger partial charge on any atom is -0.445 e. The molecule has 1 aromatic heterocycles. The highest BCUT2D eigenvalue weighted by atomic mass is 16.5. The molecule has 2 aliphatic heterocycles. The van der Waals surface area contributed by atoms with Crippen LogP contribution in [0.5, 0.6) is 0 Å². The molecule has 11 heteroatoms. The maximum atomic E-state index is 13.4. The van der Waals surface area contributed by atoms with E-state index in [1.807, 2.05) is 37.3 Å². The summed E-state index contributed by atoms with van der Waals surface area (Å²) in [6.45, 7) is 3.82. The number of carbonyl (C=O) groups excluding carboxylic acids is 3. The number of rotatable bonds is 7. The van der Waals surface area contributed by atoms with Crippen LogP contribution in [0.4, 0.5) is 4.79 Å². The number of hydrogen-bond donors (Lipinski definition) is 2. The van der Waals surface area contributed by atoms with Crippen molar-refractivity contribution >= 4 is 17.9 Å². The van der Waals surface area contributed by atoms with Gasteiger partial charge in [-0.25, -0.2) is 4.79 Å². The number of aromatic nitrogens is 2. The van der Waals surface area contributed by atoms with Crippen molar-refractivity contribution < 1.29 is 28.6 Å². The van der Waals surface area contributed by atoms with Gasteiger partial charge in [-0.1, -0.05) is 30.3 Å². The zero-order valence-corrected chi connectivity index (χ0v) is 18.5. The van der Waals surface area contributed by atoms with E-state index in [0.717, 1.165) is 5.56 Å². The predicted octanol–water partition coefficient (Wildman–Crippen LogP) is 0.837. The molecule has 2 unspecified atom stereocenters. The van der Waals surface area contributed by atoms with Crippen LogP contribution < -0.4 is 5.32 Å². The molecular weight excluding hydrogens is 430 g/mol. The Balaban J connectivity index is 1.43. The first-order valence-corrected chi connectivity index (χ1v) is 10.9. The van der Waals surface area contributed by atoms with E-state index in [1.54, 1.807) is 4.90 Å². The van der Waals surface area contributed by atoms with Crippen molar-refractivity contribution in [2.75, 3.05) is 6.54 Å². The Kier molecular flexibility index (Phi) is 6.32. The van der Waals surface area contributed by atoms with Crippen molar-refractivity contribution in [3.05, 3.63) is 48.2 Å². The molecule has 2 saturated heterocycles. The van der Waals surface area contributed by atoms with E-state index in [-0.39, 0.29) is 25.1 Å². The zero-order valence-electron chi connectivity index (χ0n) is 18.5. The fourth-order valence-corrected chi connectivity index (χ4v) is 4.67. The second-order valence-electron chi connectivity index (χ2n) is 8.38. The summed E-state index contributed by atoms with van der Waals surface area (Å²) < 4.78 is 10.3. The van der Waals surface area contributed by atoms with Crippen LogP contribution in [-0.2, 0) is 27.5 Å². The normalized spacial score (nSPS) is 23.8. The molecule has 3 amide bonds. The highest BCUT2D eigenvalue weighted by Crippen LogP contribution is 2.45. The van der Waals surface area contributed by atoms with Gasteiger partial charge in [0.2, 0.25) is 18.2 Å². The summed E-state index contributed by atoms with van der Waals surface area (Å²) in [6.07, 6.45) is 0.337. The van der Waals surface area contributed by atoms with Gasteiger partial charge in [0, 0.05) is 6.54 Å². The first kappa shape index (κ1) is 22.7. The van der Waals surface area contributed by atoms with Gasteiger partial charge in [-0.2, -0.15) is 0 Å². The van der Waals surface area contributed by atoms with Crippen LogP contribution in [0.1, 0.15) is 38.1 Å². The van der Waals surface area contributed by atoms with Crippen molar-refractivity contribution in [1.82, 2.24) is 25.3 Å². The molecule has 2 fully saturated rings. The molecule has 0 bridgehead atoms. The second-order valence-corrected chi connectivity index (χ2v) is 8.38. The maximum absolute atomic E-state index is 13.4. The molecule has 0 saturated carbocycles. The van der Waals surface area contributed by atoms with Gasteiger partial charge in [0.05, 0.1) is 18.7 Å². The summed E-state index contributed by atoms with van der Waals surface area (Å²) in [7, 11) is 0. The number of likely N-dealkylation sites (tertiary alicyclic amines) is 2. The van der Waals surface area contributed by atoms with E-state index < -0.39 is 29.7 Å². The van der Waals surface area contributed by atoms with Gasteiger partial charge >= 0.3 is 6.09 Å². The van der Waals surface area contributed by atoms with Crippen LogP contribution >= 0.6 is 0 Å². The average molecular weight is 457 g/mol. The molecule has 1 spiro atoms. The topological polar surface area (TPSA) is 138 Å².